The van der Waals surface area contributed by atoms with Gasteiger partial charge in [0, 0.05) is 25.3 Å². The molecule has 3 heterocycles. The maximum Gasteiger partial charge on any atom is 0.191 e. The SMILES string of the molecule is CCNC(=NCc1nnc2ccccn12)NCCCCN1CCCCC1C.I. The number of likely N-dealkylation sites (tertiary alicyclic amines) is 1. The van der Waals surface area contributed by atoms with Gasteiger partial charge in [-0.1, -0.05) is 12.5 Å². The van der Waals surface area contributed by atoms with Gasteiger partial charge in [-0.2, -0.15) is 0 Å². The normalized spacial score (nSPS) is 18.1. The van der Waals surface area contributed by atoms with Gasteiger partial charge in [-0.05, 0) is 64.8 Å². The number of halogens is 1. The second-order valence-electron chi connectivity index (χ2n) is 7.25. The largest absolute Gasteiger partial charge is 0.357 e. The number of hydrogen-bond acceptors (Lipinski definition) is 4. The van der Waals surface area contributed by atoms with Gasteiger partial charge in [0.05, 0.1) is 0 Å². The molecule has 0 saturated carbocycles. The Bertz CT molecular complexity index is 730. The molecule has 3 rings (SSSR count). The van der Waals surface area contributed by atoms with E-state index in [2.05, 4.69) is 44.6 Å². The molecule has 28 heavy (non-hydrogen) atoms. The third-order valence-corrected chi connectivity index (χ3v) is 5.21. The highest BCUT2D eigenvalue weighted by molar-refractivity contribution is 14.0. The van der Waals surface area contributed by atoms with Gasteiger partial charge in [-0.15, -0.1) is 34.2 Å². The summed E-state index contributed by atoms with van der Waals surface area (Å²) in [4.78, 5) is 7.30. The van der Waals surface area contributed by atoms with Crippen LogP contribution < -0.4 is 10.6 Å². The van der Waals surface area contributed by atoms with Crippen LogP contribution in [-0.4, -0.2) is 57.7 Å². The Kier molecular flexibility index (Phi) is 9.97. The molecular weight excluding hydrogens is 465 g/mol. The summed E-state index contributed by atoms with van der Waals surface area (Å²) < 4.78 is 1.98. The van der Waals surface area contributed by atoms with E-state index in [0.29, 0.717) is 6.54 Å². The highest BCUT2D eigenvalue weighted by Crippen LogP contribution is 2.16. The van der Waals surface area contributed by atoms with Crippen LogP contribution in [-0.2, 0) is 6.54 Å². The van der Waals surface area contributed by atoms with E-state index in [-0.39, 0.29) is 24.0 Å². The van der Waals surface area contributed by atoms with E-state index < -0.39 is 0 Å². The van der Waals surface area contributed by atoms with Gasteiger partial charge >= 0.3 is 0 Å². The van der Waals surface area contributed by atoms with Crippen LogP contribution in [0, 0.1) is 0 Å². The number of rotatable bonds is 8. The van der Waals surface area contributed by atoms with Crippen molar-refractivity contribution in [2.75, 3.05) is 26.2 Å². The van der Waals surface area contributed by atoms with Crippen LogP contribution in [0.2, 0.25) is 0 Å². The average Bonchev–Trinajstić information content (AvgIpc) is 3.10. The number of nitrogens with one attached hydrogen (secondary N) is 2. The number of fused-ring (bicyclic) bond motifs is 1. The van der Waals surface area contributed by atoms with Gasteiger partial charge in [0.25, 0.3) is 0 Å². The fourth-order valence-corrected chi connectivity index (χ4v) is 3.63. The van der Waals surface area contributed by atoms with Crippen molar-refractivity contribution in [3.05, 3.63) is 30.2 Å². The molecule has 1 aliphatic heterocycles. The molecule has 1 fully saturated rings. The number of pyridine rings is 1. The van der Waals surface area contributed by atoms with Crippen LogP contribution in [0.1, 0.15) is 51.8 Å². The molecule has 1 unspecified atom stereocenters. The maximum absolute atomic E-state index is 4.67. The summed E-state index contributed by atoms with van der Waals surface area (Å²) in [6, 6.07) is 6.65. The summed E-state index contributed by atoms with van der Waals surface area (Å²) in [5.41, 5.74) is 0.854. The lowest BCUT2D eigenvalue weighted by Crippen LogP contribution is -2.39. The molecule has 7 nitrogen and oxygen atoms in total. The van der Waals surface area contributed by atoms with Gasteiger partial charge < -0.3 is 15.5 Å². The van der Waals surface area contributed by atoms with E-state index in [4.69, 9.17) is 0 Å². The molecule has 0 aromatic carbocycles. The maximum atomic E-state index is 4.67. The molecular formula is C20H34IN7. The molecule has 2 N–H and O–H groups in total. The van der Waals surface area contributed by atoms with E-state index in [1.807, 2.05) is 28.8 Å². The van der Waals surface area contributed by atoms with Crippen LogP contribution in [0.15, 0.2) is 29.4 Å². The summed E-state index contributed by atoms with van der Waals surface area (Å²) in [5, 5.41) is 15.2. The molecule has 0 radical (unpaired) electrons. The first-order valence-corrected chi connectivity index (χ1v) is 10.3. The summed E-state index contributed by atoms with van der Waals surface area (Å²) >= 11 is 0. The third kappa shape index (κ3) is 6.58. The number of guanidine groups is 1. The highest BCUT2D eigenvalue weighted by Gasteiger charge is 2.16. The minimum atomic E-state index is 0. The lowest BCUT2D eigenvalue weighted by atomic mass is 10.0. The summed E-state index contributed by atoms with van der Waals surface area (Å²) in [6.45, 7) is 9.22. The Labute approximate surface area is 185 Å². The van der Waals surface area contributed by atoms with Crippen LogP contribution in [0.5, 0.6) is 0 Å². The van der Waals surface area contributed by atoms with Gasteiger partial charge in [0.2, 0.25) is 0 Å². The number of aromatic nitrogens is 3. The minimum absolute atomic E-state index is 0. The van der Waals surface area contributed by atoms with E-state index >= 15 is 0 Å². The van der Waals surface area contributed by atoms with Crippen LogP contribution in [0.4, 0.5) is 0 Å². The highest BCUT2D eigenvalue weighted by atomic mass is 127. The molecule has 156 valence electrons. The average molecular weight is 499 g/mol. The predicted octanol–water partition coefficient (Wildman–Crippen LogP) is 3.06. The fourth-order valence-electron chi connectivity index (χ4n) is 3.63. The lowest BCUT2D eigenvalue weighted by Gasteiger charge is -2.33. The summed E-state index contributed by atoms with van der Waals surface area (Å²) in [6.07, 6.45) is 8.46. The van der Waals surface area contributed by atoms with Gasteiger partial charge in [-0.25, -0.2) is 4.99 Å². The van der Waals surface area contributed by atoms with E-state index in [1.165, 1.54) is 38.8 Å². The zero-order chi connectivity index (χ0) is 18.9. The lowest BCUT2D eigenvalue weighted by molar-refractivity contribution is 0.158. The standard InChI is InChI=1S/C20H33N7.HI/c1-3-21-20(22-12-6-9-14-26-13-7-4-10-17(26)2)23-16-19-25-24-18-11-5-8-15-27(18)19;/h5,8,11,15,17H,3-4,6-7,9-10,12-14,16H2,1-2H3,(H2,21,22,23);1H. The van der Waals surface area contributed by atoms with Crippen molar-refractivity contribution in [3.63, 3.8) is 0 Å². The number of nitrogens with zero attached hydrogens (tertiary/aromatic N) is 5. The summed E-state index contributed by atoms with van der Waals surface area (Å²) in [5.74, 6) is 1.69. The topological polar surface area (TPSA) is 69.8 Å². The zero-order valence-electron chi connectivity index (χ0n) is 17.1. The Morgan fingerprint density at radius 1 is 1.21 bits per heavy atom. The van der Waals surface area contributed by atoms with Crippen molar-refractivity contribution in [3.8, 4) is 0 Å². The number of hydrogen-bond donors (Lipinski definition) is 2. The van der Waals surface area contributed by atoms with Crippen LogP contribution in [0.25, 0.3) is 5.65 Å². The van der Waals surface area contributed by atoms with Gasteiger partial charge in [0.15, 0.2) is 17.4 Å². The fraction of sp³-hybridized carbons (Fsp3) is 0.650. The van der Waals surface area contributed by atoms with Crippen molar-refractivity contribution in [2.24, 2.45) is 4.99 Å². The summed E-state index contributed by atoms with van der Waals surface area (Å²) in [7, 11) is 0. The Morgan fingerprint density at radius 3 is 2.93 bits per heavy atom. The molecule has 2 aromatic heterocycles. The van der Waals surface area contributed by atoms with Crippen molar-refractivity contribution in [1.29, 1.82) is 0 Å². The van der Waals surface area contributed by atoms with Crippen molar-refractivity contribution in [1.82, 2.24) is 30.1 Å². The molecule has 0 bridgehead atoms. The first-order valence-electron chi connectivity index (χ1n) is 10.3. The first kappa shape index (κ1) is 22.9. The zero-order valence-corrected chi connectivity index (χ0v) is 19.4. The Balaban J connectivity index is 0.00000280. The minimum Gasteiger partial charge on any atom is -0.357 e. The van der Waals surface area contributed by atoms with Gasteiger partial charge in [-0.3, -0.25) is 4.40 Å². The number of aliphatic imine (C=N–C) groups is 1. The molecule has 8 heteroatoms. The second kappa shape index (κ2) is 12.2. The van der Waals surface area contributed by atoms with Crippen molar-refractivity contribution < 1.29 is 0 Å². The molecule has 2 aromatic rings. The molecule has 1 atom stereocenters. The second-order valence-corrected chi connectivity index (χ2v) is 7.25. The number of piperidine rings is 1. The smallest absolute Gasteiger partial charge is 0.191 e. The molecule has 1 saturated heterocycles. The quantitative estimate of drug-likeness (QED) is 0.253. The van der Waals surface area contributed by atoms with Crippen LogP contribution >= 0.6 is 24.0 Å². The van der Waals surface area contributed by atoms with Gasteiger partial charge in [0.1, 0.15) is 6.54 Å². The van der Waals surface area contributed by atoms with Crippen molar-refractivity contribution in [2.45, 2.75) is 58.5 Å². The monoisotopic (exact) mass is 499 g/mol. The third-order valence-electron chi connectivity index (χ3n) is 5.21. The Morgan fingerprint density at radius 2 is 2.11 bits per heavy atom. The molecule has 0 amide bonds. The molecule has 1 aliphatic rings. The molecule has 0 spiro atoms. The van der Waals surface area contributed by atoms with Crippen LogP contribution in [0.3, 0.4) is 0 Å². The predicted molar refractivity (Wildman–Crippen MR) is 125 cm³/mol. The number of unbranched alkanes of at least 4 members (excludes halogenated alkanes) is 1. The van der Waals surface area contributed by atoms with Crippen molar-refractivity contribution >= 4 is 35.6 Å². The van der Waals surface area contributed by atoms with E-state index in [9.17, 15) is 0 Å². The first-order chi connectivity index (χ1) is 13.3. The van der Waals surface area contributed by atoms with E-state index in [0.717, 1.165) is 43.0 Å². The molecule has 0 aliphatic carbocycles. The Hall–Kier alpha value is -1.42. The van der Waals surface area contributed by atoms with E-state index in [1.54, 1.807) is 0 Å².